The molecule has 1 fully saturated rings. The SMILES string of the molecule is CCC1OC(c2ccc3c(NC(C)C)ncnn23)C(O)C1O. The number of hydrogen-bond donors (Lipinski definition) is 3. The van der Waals surface area contributed by atoms with Gasteiger partial charge in [0.2, 0.25) is 0 Å². The smallest absolute Gasteiger partial charge is 0.154 e. The van der Waals surface area contributed by atoms with Gasteiger partial charge in [-0.05, 0) is 32.4 Å². The number of rotatable bonds is 4. The lowest BCUT2D eigenvalue weighted by molar-refractivity contribution is 0.00265. The number of ether oxygens (including phenoxy) is 1. The minimum atomic E-state index is -0.959. The molecule has 22 heavy (non-hydrogen) atoms. The number of anilines is 1. The maximum absolute atomic E-state index is 10.3. The molecule has 0 amide bonds. The highest BCUT2D eigenvalue weighted by Gasteiger charge is 2.43. The van der Waals surface area contributed by atoms with Gasteiger partial charge in [0.05, 0.1) is 11.8 Å². The molecule has 3 rings (SSSR count). The van der Waals surface area contributed by atoms with E-state index >= 15 is 0 Å². The quantitative estimate of drug-likeness (QED) is 0.784. The molecule has 3 N–H and O–H groups in total. The first-order valence-electron chi connectivity index (χ1n) is 7.63. The maximum atomic E-state index is 10.3. The molecule has 2 aromatic heterocycles. The number of hydrogen-bond acceptors (Lipinski definition) is 6. The van der Waals surface area contributed by atoms with Crippen molar-refractivity contribution in [1.29, 1.82) is 0 Å². The summed E-state index contributed by atoms with van der Waals surface area (Å²) in [7, 11) is 0. The van der Waals surface area contributed by atoms with Crippen LogP contribution in [0.15, 0.2) is 18.5 Å². The van der Waals surface area contributed by atoms with E-state index in [2.05, 4.69) is 15.4 Å². The van der Waals surface area contributed by atoms with E-state index in [0.29, 0.717) is 12.1 Å². The largest absolute Gasteiger partial charge is 0.388 e. The molecule has 0 bridgehead atoms. The van der Waals surface area contributed by atoms with Crippen LogP contribution in [0.4, 0.5) is 5.82 Å². The molecular formula is C15H22N4O3. The van der Waals surface area contributed by atoms with Gasteiger partial charge in [0.25, 0.3) is 0 Å². The molecule has 0 radical (unpaired) electrons. The first-order valence-corrected chi connectivity index (χ1v) is 7.63. The molecular weight excluding hydrogens is 284 g/mol. The fraction of sp³-hybridized carbons (Fsp3) is 0.600. The standard InChI is InChI=1S/C15H22N4O3/c1-4-11-12(20)13(21)14(22-11)9-5-6-10-15(18-8(2)3)16-7-17-19(9)10/h5-8,11-14,20-21H,4H2,1-3H3,(H,16,17,18). The van der Waals surface area contributed by atoms with Crippen molar-refractivity contribution in [3.05, 3.63) is 24.2 Å². The third-order valence-corrected chi connectivity index (χ3v) is 3.96. The zero-order valence-corrected chi connectivity index (χ0v) is 13.0. The van der Waals surface area contributed by atoms with Gasteiger partial charge in [0.15, 0.2) is 5.82 Å². The van der Waals surface area contributed by atoms with Crippen LogP contribution in [0.5, 0.6) is 0 Å². The van der Waals surface area contributed by atoms with Crippen LogP contribution >= 0.6 is 0 Å². The number of aliphatic hydroxyl groups excluding tert-OH is 2. The van der Waals surface area contributed by atoms with Crippen molar-refractivity contribution in [3.8, 4) is 0 Å². The Bertz CT molecular complexity index is 657. The Balaban J connectivity index is 1.99. The summed E-state index contributed by atoms with van der Waals surface area (Å²) < 4.78 is 7.51. The second kappa shape index (κ2) is 5.83. The molecule has 1 aliphatic rings. The molecule has 3 heterocycles. The van der Waals surface area contributed by atoms with Crippen LogP contribution in [-0.2, 0) is 4.74 Å². The van der Waals surface area contributed by atoms with Gasteiger partial charge >= 0.3 is 0 Å². The number of nitrogens with zero attached hydrogens (tertiary/aromatic N) is 3. The van der Waals surface area contributed by atoms with Crippen LogP contribution in [0.2, 0.25) is 0 Å². The molecule has 7 nitrogen and oxygen atoms in total. The lowest BCUT2D eigenvalue weighted by Crippen LogP contribution is -2.30. The predicted molar refractivity (Wildman–Crippen MR) is 81.7 cm³/mol. The molecule has 1 aliphatic heterocycles. The van der Waals surface area contributed by atoms with Gasteiger partial charge in [0.1, 0.15) is 30.2 Å². The highest BCUT2D eigenvalue weighted by atomic mass is 16.5. The van der Waals surface area contributed by atoms with E-state index in [1.807, 2.05) is 32.9 Å². The summed E-state index contributed by atoms with van der Waals surface area (Å²) >= 11 is 0. The highest BCUT2D eigenvalue weighted by molar-refractivity contribution is 5.68. The summed E-state index contributed by atoms with van der Waals surface area (Å²) in [6.07, 6.45) is -0.677. The third-order valence-electron chi connectivity index (χ3n) is 3.96. The van der Waals surface area contributed by atoms with E-state index in [0.717, 1.165) is 11.3 Å². The predicted octanol–water partition coefficient (Wildman–Crippen LogP) is 1.12. The summed E-state index contributed by atoms with van der Waals surface area (Å²) in [4.78, 5) is 4.26. The molecule has 120 valence electrons. The van der Waals surface area contributed by atoms with Gasteiger partial charge in [-0.3, -0.25) is 0 Å². The van der Waals surface area contributed by atoms with E-state index in [1.54, 1.807) is 4.52 Å². The van der Waals surface area contributed by atoms with Gasteiger partial charge in [-0.15, -0.1) is 0 Å². The third kappa shape index (κ3) is 2.45. The maximum Gasteiger partial charge on any atom is 0.154 e. The van der Waals surface area contributed by atoms with E-state index in [4.69, 9.17) is 4.74 Å². The Morgan fingerprint density at radius 1 is 1.32 bits per heavy atom. The molecule has 0 saturated carbocycles. The number of aromatic nitrogens is 3. The van der Waals surface area contributed by atoms with Crippen molar-refractivity contribution in [2.24, 2.45) is 0 Å². The molecule has 2 aromatic rings. The van der Waals surface area contributed by atoms with Crippen LogP contribution in [0.25, 0.3) is 5.52 Å². The van der Waals surface area contributed by atoms with Crippen molar-refractivity contribution in [1.82, 2.24) is 14.6 Å². The summed E-state index contributed by atoms with van der Waals surface area (Å²) in [5, 5.41) is 27.8. The van der Waals surface area contributed by atoms with Crippen molar-refractivity contribution in [2.45, 2.75) is 57.6 Å². The fourth-order valence-electron chi connectivity index (χ4n) is 2.88. The van der Waals surface area contributed by atoms with E-state index < -0.39 is 18.3 Å². The molecule has 4 unspecified atom stereocenters. The monoisotopic (exact) mass is 306 g/mol. The van der Waals surface area contributed by atoms with Crippen molar-refractivity contribution in [2.75, 3.05) is 5.32 Å². The average Bonchev–Trinajstić information content (AvgIpc) is 3.02. The van der Waals surface area contributed by atoms with E-state index in [-0.39, 0.29) is 12.1 Å². The van der Waals surface area contributed by atoms with Crippen molar-refractivity contribution < 1.29 is 14.9 Å². The van der Waals surface area contributed by atoms with Crippen LogP contribution in [-0.4, -0.2) is 49.2 Å². The van der Waals surface area contributed by atoms with E-state index in [1.165, 1.54) is 6.33 Å². The van der Waals surface area contributed by atoms with Crippen LogP contribution in [0, 0.1) is 0 Å². The normalized spacial score (nSPS) is 28.6. The summed E-state index contributed by atoms with van der Waals surface area (Å²) in [5.41, 5.74) is 1.53. The van der Waals surface area contributed by atoms with Crippen LogP contribution in [0.3, 0.4) is 0 Å². The number of nitrogens with one attached hydrogen (secondary N) is 1. The Hall–Kier alpha value is -1.70. The average molecular weight is 306 g/mol. The first kappa shape index (κ1) is 15.2. The lowest BCUT2D eigenvalue weighted by atomic mass is 10.0. The number of aliphatic hydroxyl groups is 2. The van der Waals surface area contributed by atoms with Crippen LogP contribution in [0.1, 0.15) is 39.0 Å². The van der Waals surface area contributed by atoms with Gasteiger partial charge in [-0.25, -0.2) is 9.50 Å². The Labute approximate surface area is 128 Å². The molecule has 4 atom stereocenters. The van der Waals surface area contributed by atoms with Crippen LogP contribution < -0.4 is 5.32 Å². The van der Waals surface area contributed by atoms with Crippen molar-refractivity contribution in [3.63, 3.8) is 0 Å². The highest BCUT2D eigenvalue weighted by Crippen LogP contribution is 2.35. The van der Waals surface area contributed by atoms with Crippen molar-refractivity contribution >= 4 is 11.3 Å². The fourth-order valence-corrected chi connectivity index (χ4v) is 2.88. The summed E-state index contributed by atoms with van der Waals surface area (Å²) in [6, 6.07) is 3.99. The molecule has 1 saturated heterocycles. The minimum Gasteiger partial charge on any atom is -0.388 e. The summed E-state index contributed by atoms with van der Waals surface area (Å²) in [5.74, 6) is 0.733. The Kier molecular flexibility index (Phi) is 4.03. The van der Waals surface area contributed by atoms with Gasteiger partial charge in [0, 0.05) is 6.04 Å². The van der Waals surface area contributed by atoms with Gasteiger partial charge in [-0.2, -0.15) is 5.10 Å². The second-order valence-corrected chi connectivity index (χ2v) is 5.95. The van der Waals surface area contributed by atoms with Gasteiger partial charge in [-0.1, -0.05) is 6.92 Å². The Morgan fingerprint density at radius 3 is 2.73 bits per heavy atom. The molecule has 0 spiro atoms. The number of fused-ring (bicyclic) bond motifs is 1. The zero-order valence-electron chi connectivity index (χ0n) is 13.0. The second-order valence-electron chi connectivity index (χ2n) is 5.95. The lowest BCUT2D eigenvalue weighted by Gasteiger charge is -2.15. The summed E-state index contributed by atoms with van der Waals surface area (Å²) in [6.45, 7) is 6.00. The molecule has 7 heteroatoms. The molecule has 0 aliphatic carbocycles. The van der Waals surface area contributed by atoms with E-state index in [9.17, 15) is 10.2 Å². The molecule has 0 aromatic carbocycles. The Morgan fingerprint density at radius 2 is 2.09 bits per heavy atom. The first-order chi connectivity index (χ1) is 10.5. The zero-order chi connectivity index (χ0) is 15.9. The topological polar surface area (TPSA) is 91.9 Å². The van der Waals surface area contributed by atoms with Gasteiger partial charge < -0.3 is 20.3 Å². The minimum absolute atomic E-state index is 0.247.